The molecule has 4 amide bonds. The first kappa shape index (κ1) is 21.7. The molecule has 4 aromatic rings. The zero-order chi connectivity index (χ0) is 25.0. The van der Waals surface area contributed by atoms with Crippen LogP contribution in [0.15, 0.2) is 54.9 Å². The molecule has 4 heterocycles. The zero-order valence-corrected chi connectivity index (χ0v) is 19.3. The smallest absolute Gasteiger partial charge is 0.277 e. The Morgan fingerprint density at radius 1 is 1.14 bits per heavy atom. The summed E-state index contributed by atoms with van der Waals surface area (Å²) < 4.78 is 3.41. The molecule has 2 aromatic heterocycles. The number of aromatic nitrogens is 4. The van der Waals surface area contributed by atoms with Gasteiger partial charge in [-0.05, 0) is 42.3 Å². The third-order valence-electron chi connectivity index (χ3n) is 6.64. The Balaban J connectivity index is 1.22. The predicted octanol–water partition coefficient (Wildman–Crippen LogP) is 1.77. The molecule has 11 heteroatoms. The van der Waals surface area contributed by atoms with Crippen LogP contribution < -0.4 is 10.6 Å². The Kier molecular flexibility index (Phi) is 4.92. The third-order valence-corrected chi connectivity index (χ3v) is 6.64. The summed E-state index contributed by atoms with van der Waals surface area (Å²) in [6, 6.07) is 12.2. The summed E-state index contributed by atoms with van der Waals surface area (Å²) >= 11 is 0. The van der Waals surface area contributed by atoms with Crippen molar-refractivity contribution in [1.29, 1.82) is 0 Å². The number of carbonyl (C=O) groups excluding carboxylic acids is 4. The number of benzene rings is 2. The molecule has 1 unspecified atom stereocenters. The molecule has 2 aliphatic rings. The van der Waals surface area contributed by atoms with Crippen LogP contribution >= 0.6 is 0 Å². The van der Waals surface area contributed by atoms with E-state index in [1.54, 1.807) is 18.2 Å². The summed E-state index contributed by atoms with van der Waals surface area (Å²) in [6.07, 6.45) is 3.95. The lowest BCUT2D eigenvalue weighted by Crippen LogP contribution is -2.52. The number of imide groups is 1. The van der Waals surface area contributed by atoms with Gasteiger partial charge in [-0.25, -0.2) is 4.68 Å². The van der Waals surface area contributed by atoms with Crippen molar-refractivity contribution in [2.75, 3.05) is 5.32 Å². The lowest BCUT2D eigenvalue weighted by atomic mass is 10.0. The number of para-hydroxylation sites is 1. The van der Waals surface area contributed by atoms with Crippen molar-refractivity contribution in [1.82, 2.24) is 29.8 Å². The maximum absolute atomic E-state index is 12.9. The molecule has 2 aliphatic heterocycles. The van der Waals surface area contributed by atoms with Gasteiger partial charge in [0.15, 0.2) is 5.69 Å². The fourth-order valence-electron chi connectivity index (χ4n) is 4.84. The topological polar surface area (TPSA) is 131 Å². The van der Waals surface area contributed by atoms with Crippen molar-refractivity contribution in [3.63, 3.8) is 0 Å². The van der Waals surface area contributed by atoms with E-state index < -0.39 is 17.9 Å². The van der Waals surface area contributed by atoms with E-state index in [9.17, 15) is 19.2 Å². The van der Waals surface area contributed by atoms with Gasteiger partial charge in [-0.15, -0.1) is 5.10 Å². The van der Waals surface area contributed by atoms with Crippen LogP contribution in [0.5, 0.6) is 0 Å². The average Bonchev–Trinajstić information content (AvgIpc) is 3.58. The van der Waals surface area contributed by atoms with E-state index in [2.05, 4.69) is 20.9 Å². The van der Waals surface area contributed by atoms with Gasteiger partial charge in [-0.2, -0.15) is 0 Å². The fraction of sp³-hybridized carbons (Fsp3) is 0.200. The van der Waals surface area contributed by atoms with Crippen LogP contribution in [0, 0.1) is 0 Å². The van der Waals surface area contributed by atoms with E-state index in [1.807, 2.05) is 42.1 Å². The Bertz CT molecular complexity index is 1580. The third kappa shape index (κ3) is 3.52. The number of carbonyl (C=O) groups is 4. The molecule has 1 fully saturated rings. The molecule has 36 heavy (non-hydrogen) atoms. The second-order valence-corrected chi connectivity index (χ2v) is 8.91. The van der Waals surface area contributed by atoms with Gasteiger partial charge in [0.25, 0.3) is 11.8 Å². The molecule has 6 rings (SSSR count). The summed E-state index contributed by atoms with van der Waals surface area (Å²) in [5.41, 5.74) is 3.58. The monoisotopic (exact) mass is 483 g/mol. The molecule has 1 saturated heterocycles. The Morgan fingerprint density at radius 2 is 2.00 bits per heavy atom. The number of hydrogen-bond acceptors (Lipinski definition) is 6. The van der Waals surface area contributed by atoms with Crippen molar-refractivity contribution in [3.8, 4) is 5.69 Å². The van der Waals surface area contributed by atoms with Gasteiger partial charge in [-0.3, -0.25) is 24.5 Å². The summed E-state index contributed by atoms with van der Waals surface area (Å²) in [6.45, 7) is 0.247. The van der Waals surface area contributed by atoms with Gasteiger partial charge >= 0.3 is 0 Å². The minimum atomic E-state index is -0.679. The number of nitrogens with one attached hydrogen (secondary N) is 2. The van der Waals surface area contributed by atoms with Crippen molar-refractivity contribution >= 4 is 40.2 Å². The minimum absolute atomic E-state index is 0.142. The van der Waals surface area contributed by atoms with Crippen LogP contribution in [0.1, 0.15) is 39.3 Å². The maximum Gasteiger partial charge on any atom is 0.277 e. The molecule has 0 aliphatic carbocycles. The SMILES string of the molecule is Cn1ccc2cccc(NC(=O)c3cn(-c4ccc5c(c4)CN(C4CCC(=O)NC4=O)C5=O)nn3)c21. The number of fused-ring (bicyclic) bond motifs is 2. The van der Waals surface area contributed by atoms with E-state index in [0.717, 1.165) is 16.5 Å². The van der Waals surface area contributed by atoms with Crippen LogP contribution in [-0.4, -0.2) is 54.1 Å². The summed E-state index contributed by atoms with van der Waals surface area (Å²) in [5.74, 6) is -1.42. The Morgan fingerprint density at radius 3 is 2.83 bits per heavy atom. The second-order valence-electron chi connectivity index (χ2n) is 8.91. The van der Waals surface area contributed by atoms with Gasteiger partial charge in [0.2, 0.25) is 11.8 Å². The van der Waals surface area contributed by atoms with Crippen molar-refractivity contribution < 1.29 is 19.2 Å². The van der Waals surface area contributed by atoms with E-state index in [1.165, 1.54) is 15.8 Å². The maximum atomic E-state index is 12.9. The molecule has 0 spiro atoms. The van der Waals surface area contributed by atoms with Crippen LogP contribution in [0.2, 0.25) is 0 Å². The van der Waals surface area contributed by atoms with Crippen LogP contribution in [0.3, 0.4) is 0 Å². The number of nitrogens with zero attached hydrogens (tertiary/aromatic N) is 5. The molecular formula is C25H21N7O4. The van der Waals surface area contributed by atoms with Gasteiger partial charge in [0.1, 0.15) is 6.04 Å². The second kappa shape index (κ2) is 8.15. The van der Waals surface area contributed by atoms with Gasteiger partial charge in [0.05, 0.1) is 23.1 Å². The number of piperidine rings is 1. The normalized spacial score (nSPS) is 17.4. The fourth-order valence-corrected chi connectivity index (χ4v) is 4.84. The molecule has 1 atom stereocenters. The molecule has 0 saturated carbocycles. The number of aryl methyl sites for hydroxylation is 1. The minimum Gasteiger partial charge on any atom is -0.349 e. The predicted molar refractivity (Wildman–Crippen MR) is 128 cm³/mol. The first-order chi connectivity index (χ1) is 17.4. The van der Waals surface area contributed by atoms with Crippen LogP contribution in [0.25, 0.3) is 16.6 Å². The highest BCUT2D eigenvalue weighted by molar-refractivity contribution is 6.07. The quantitative estimate of drug-likeness (QED) is 0.426. The molecule has 2 N–H and O–H groups in total. The lowest BCUT2D eigenvalue weighted by Gasteiger charge is -2.29. The number of amides is 4. The van der Waals surface area contributed by atoms with Crippen molar-refractivity contribution in [2.45, 2.75) is 25.4 Å². The molecular weight excluding hydrogens is 462 g/mol. The number of hydrogen-bond donors (Lipinski definition) is 2. The average molecular weight is 483 g/mol. The largest absolute Gasteiger partial charge is 0.349 e. The van der Waals surface area contributed by atoms with Crippen LogP contribution in [-0.2, 0) is 23.2 Å². The highest BCUT2D eigenvalue weighted by Crippen LogP contribution is 2.29. The zero-order valence-electron chi connectivity index (χ0n) is 19.3. The van der Waals surface area contributed by atoms with Crippen molar-refractivity contribution in [2.24, 2.45) is 7.05 Å². The Labute approximate surface area is 204 Å². The van der Waals surface area contributed by atoms with Gasteiger partial charge < -0.3 is 14.8 Å². The summed E-state index contributed by atoms with van der Waals surface area (Å²) in [4.78, 5) is 51.0. The standard InChI is InChI=1S/C25H21N7O4/c1-30-10-9-14-3-2-4-18(22(14)30)26-23(34)19-13-32(29-28-19)16-5-6-17-15(11-16)12-31(25(17)36)20-7-8-21(33)27-24(20)35/h2-6,9-11,13,20H,7-8,12H2,1H3,(H,26,34)(H,27,33,35). The van der Waals surface area contributed by atoms with Crippen molar-refractivity contribution in [3.05, 3.63) is 71.7 Å². The molecule has 180 valence electrons. The lowest BCUT2D eigenvalue weighted by molar-refractivity contribution is -0.136. The first-order valence-corrected chi connectivity index (χ1v) is 11.4. The molecule has 0 bridgehead atoms. The number of rotatable bonds is 4. The van der Waals surface area contributed by atoms with Gasteiger partial charge in [-0.1, -0.05) is 17.3 Å². The Hall–Kier alpha value is -4.80. The first-order valence-electron chi connectivity index (χ1n) is 11.4. The molecule has 11 nitrogen and oxygen atoms in total. The highest BCUT2D eigenvalue weighted by Gasteiger charge is 2.39. The number of anilines is 1. The highest BCUT2D eigenvalue weighted by atomic mass is 16.2. The summed E-state index contributed by atoms with van der Waals surface area (Å²) in [7, 11) is 1.91. The van der Waals surface area contributed by atoms with E-state index in [0.29, 0.717) is 23.4 Å². The van der Waals surface area contributed by atoms with E-state index >= 15 is 0 Å². The van der Waals surface area contributed by atoms with Gasteiger partial charge in [0, 0.05) is 37.2 Å². The van der Waals surface area contributed by atoms with Crippen LogP contribution in [0.4, 0.5) is 5.69 Å². The molecule has 2 aromatic carbocycles. The van der Waals surface area contributed by atoms with E-state index in [-0.39, 0.29) is 30.5 Å². The molecule has 0 radical (unpaired) electrons. The van der Waals surface area contributed by atoms with E-state index in [4.69, 9.17) is 0 Å². The summed E-state index contributed by atoms with van der Waals surface area (Å²) in [5, 5.41) is 14.3.